The average Bonchev–Trinajstić information content (AvgIpc) is 2.26. The first-order chi connectivity index (χ1) is 8.93. The number of carbonyl (C=O) groups excluding carboxylic acids is 4. The van der Waals surface area contributed by atoms with E-state index in [-0.39, 0.29) is 37.2 Å². The lowest BCUT2D eigenvalue weighted by Gasteiger charge is -2.31. The fourth-order valence-corrected chi connectivity index (χ4v) is 2.30. The molecule has 114 valence electrons. The maximum atomic E-state index is 12.2. The molecule has 0 heterocycles. The zero-order chi connectivity index (χ0) is 16.1. The fourth-order valence-electron chi connectivity index (χ4n) is 1.76. The van der Waals surface area contributed by atoms with E-state index in [1.54, 1.807) is 0 Å². The number of primary amides is 1. The highest BCUT2D eigenvalue weighted by Gasteiger charge is 2.51. The van der Waals surface area contributed by atoms with Crippen molar-refractivity contribution in [3.05, 3.63) is 0 Å². The van der Waals surface area contributed by atoms with Gasteiger partial charge in [-0.05, 0) is 26.7 Å². The molecule has 0 spiro atoms. The van der Waals surface area contributed by atoms with E-state index in [9.17, 15) is 19.2 Å². The predicted octanol–water partition coefficient (Wildman–Crippen LogP) is 2.14. The molecule has 0 aliphatic heterocycles. The molecular formula is C12H16Cl3NO4. The van der Waals surface area contributed by atoms with Gasteiger partial charge in [-0.3, -0.25) is 9.59 Å². The van der Waals surface area contributed by atoms with Crippen molar-refractivity contribution in [2.45, 2.75) is 43.3 Å². The lowest BCUT2D eigenvalue weighted by Crippen LogP contribution is -2.49. The Hall–Kier alpha value is -0.650. The average molecular weight is 345 g/mol. The van der Waals surface area contributed by atoms with Crippen molar-refractivity contribution in [1.82, 2.24) is 0 Å². The standard InChI is InChI=1S/C12H16Cl3NO4/c1-7(17)3-5-11(10(16)20,6-4-8(2)18)9(19)12(13,14)15/h3-6H2,1-2H3,(H2,16,20). The van der Waals surface area contributed by atoms with Crippen LogP contribution in [0.15, 0.2) is 0 Å². The van der Waals surface area contributed by atoms with Crippen LogP contribution in [0, 0.1) is 5.41 Å². The van der Waals surface area contributed by atoms with Crippen molar-refractivity contribution < 1.29 is 19.2 Å². The van der Waals surface area contributed by atoms with E-state index in [1.807, 2.05) is 0 Å². The van der Waals surface area contributed by atoms with Gasteiger partial charge < -0.3 is 15.3 Å². The highest BCUT2D eigenvalue weighted by molar-refractivity contribution is 6.77. The SMILES string of the molecule is CC(=O)CCC(CCC(C)=O)(C(N)=O)C(=O)C(Cl)(Cl)Cl. The minimum absolute atomic E-state index is 0.0761. The molecule has 0 aliphatic carbocycles. The summed E-state index contributed by atoms with van der Waals surface area (Å²) < 4.78 is -2.34. The number of nitrogens with two attached hydrogens (primary N) is 1. The Balaban J connectivity index is 5.55. The van der Waals surface area contributed by atoms with Crippen LogP contribution in [0.3, 0.4) is 0 Å². The molecule has 0 aromatic rings. The first kappa shape index (κ1) is 19.4. The van der Waals surface area contributed by atoms with Crippen LogP contribution in [-0.4, -0.2) is 27.0 Å². The van der Waals surface area contributed by atoms with E-state index in [4.69, 9.17) is 40.5 Å². The molecule has 5 nitrogen and oxygen atoms in total. The molecule has 20 heavy (non-hydrogen) atoms. The molecule has 0 unspecified atom stereocenters. The summed E-state index contributed by atoms with van der Waals surface area (Å²) in [6.07, 6.45) is -0.518. The maximum Gasteiger partial charge on any atom is 0.249 e. The van der Waals surface area contributed by atoms with E-state index in [1.165, 1.54) is 13.8 Å². The molecule has 2 N–H and O–H groups in total. The number of amides is 1. The summed E-state index contributed by atoms with van der Waals surface area (Å²) in [6.45, 7) is 2.60. The first-order valence-electron chi connectivity index (χ1n) is 5.84. The highest BCUT2D eigenvalue weighted by atomic mass is 35.6. The summed E-state index contributed by atoms with van der Waals surface area (Å²) in [4.78, 5) is 46.2. The molecule has 0 radical (unpaired) electrons. The second-order valence-electron chi connectivity index (χ2n) is 4.68. The topological polar surface area (TPSA) is 94.3 Å². The molecule has 0 fully saturated rings. The van der Waals surface area contributed by atoms with E-state index >= 15 is 0 Å². The summed E-state index contributed by atoms with van der Waals surface area (Å²) in [5.41, 5.74) is 3.45. The van der Waals surface area contributed by atoms with Gasteiger partial charge in [0.25, 0.3) is 0 Å². The number of carbonyl (C=O) groups is 4. The quantitative estimate of drug-likeness (QED) is 0.539. The zero-order valence-electron chi connectivity index (χ0n) is 11.2. The summed E-state index contributed by atoms with van der Waals surface area (Å²) in [5, 5.41) is 0. The van der Waals surface area contributed by atoms with Crippen molar-refractivity contribution in [1.29, 1.82) is 0 Å². The molecule has 0 saturated heterocycles. The van der Waals surface area contributed by atoms with E-state index in [0.29, 0.717) is 0 Å². The molecule has 0 aliphatic rings. The highest BCUT2D eigenvalue weighted by Crippen LogP contribution is 2.41. The summed E-state index contributed by atoms with van der Waals surface area (Å²) in [5.74, 6) is -2.49. The van der Waals surface area contributed by atoms with Gasteiger partial charge in [0.1, 0.15) is 17.0 Å². The van der Waals surface area contributed by atoms with Crippen LogP contribution in [0.2, 0.25) is 0 Å². The lowest BCUT2D eigenvalue weighted by atomic mass is 9.74. The predicted molar refractivity (Wildman–Crippen MR) is 76.8 cm³/mol. The Morgan fingerprint density at radius 2 is 1.25 bits per heavy atom. The third-order valence-corrected chi connectivity index (χ3v) is 3.49. The number of alkyl halides is 3. The minimum Gasteiger partial charge on any atom is -0.369 e. The molecule has 0 rings (SSSR count). The van der Waals surface area contributed by atoms with Gasteiger partial charge >= 0.3 is 0 Å². The second-order valence-corrected chi connectivity index (χ2v) is 6.96. The van der Waals surface area contributed by atoms with Crippen LogP contribution in [0.1, 0.15) is 39.5 Å². The Morgan fingerprint density at radius 1 is 0.900 bits per heavy atom. The van der Waals surface area contributed by atoms with Gasteiger partial charge in [-0.2, -0.15) is 0 Å². The summed E-state index contributed by atoms with van der Waals surface area (Å²) >= 11 is 16.6. The van der Waals surface area contributed by atoms with Crippen molar-refractivity contribution >= 4 is 58.1 Å². The third-order valence-electron chi connectivity index (χ3n) is 2.97. The molecule has 8 heteroatoms. The van der Waals surface area contributed by atoms with Crippen molar-refractivity contribution in [2.24, 2.45) is 11.1 Å². The second kappa shape index (κ2) is 7.38. The molecule has 0 aromatic carbocycles. The Labute approximate surface area is 132 Å². The fraction of sp³-hybridized carbons (Fsp3) is 0.667. The molecule has 0 saturated carbocycles. The molecule has 0 bridgehead atoms. The van der Waals surface area contributed by atoms with Gasteiger partial charge in [0.15, 0.2) is 5.78 Å². The normalized spacial score (nSPS) is 12.1. The molecule has 0 aromatic heterocycles. The number of rotatable bonds is 8. The van der Waals surface area contributed by atoms with E-state index in [2.05, 4.69) is 0 Å². The number of halogens is 3. The van der Waals surface area contributed by atoms with Crippen LogP contribution in [0.5, 0.6) is 0 Å². The third kappa shape index (κ3) is 5.38. The minimum atomic E-state index is -2.34. The van der Waals surface area contributed by atoms with Crippen LogP contribution in [-0.2, 0) is 19.2 Å². The van der Waals surface area contributed by atoms with Gasteiger partial charge in [-0.1, -0.05) is 34.8 Å². The van der Waals surface area contributed by atoms with Crippen LogP contribution >= 0.6 is 34.8 Å². The van der Waals surface area contributed by atoms with Crippen LogP contribution in [0.25, 0.3) is 0 Å². The lowest BCUT2D eigenvalue weighted by molar-refractivity contribution is -0.141. The van der Waals surface area contributed by atoms with Crippen molar-refractivity contribution in [3.63, 3.8) is 0 Å². The monoisotopic (exact) mass is 343 g/mol. The Kier molecular flexibility index (Phi) is 7.14. The van der Waals surface area contributed by atoms with Crippen LogP contribution < -0.4 is 5.73 Å². The Bertz CT molecular complexity index is 411. The number of hydrogen-bond acceptors (Lipinski definition) is 4. The maximum absolute atomic E-state index is 12.2. The number of hydrogen-bond donors (Lipinski definition) is 1. The summed E-state index contributed by atoms with van der Waals surface area (Å²) in [6, 6.07) is 0. The summed E-state index contributed by atoms with van der Waals surface area (Å²) in [7, 11) is 0. The first-order valence-corrected chi connectivity index (χ1v) is 6.97. The molecular weight excluding hydrogens is 328 g/mol. The van der Waals surface area contributed by atoms with E-state index < -0.39 is 20.9 Å². The van der Waals surface area contributed by atoms with Crippen molar-refractivity contribution in [3.8, 4) is 0 Å². The molecule has 0 atom stereocenters. The largest absolute Gasteiger partial charge is 0.369 e. The number of Topliss-reactive ketones (excluding diaryl/α,β-unsaturated/α-hetero) is 3. The number of ketones is 3. The van der Waals surface area contributed by atoms with Crippen LogP contribution in [0.4, 0.5) is 0 Å². The Morgan fingerprint density at radius 3 is 1.45 bits per heavy atom. The van der Waals surface area contributed by atoms with E-state index in [0.717, 1.165) is 0 Å². The van der Waals surface area contributed by atoms with Gasteiger partial charge in [0.2, 0.25) is 9.70 Å². The smallest absolute Gasteiger partial charge is 0.249 e. The van der Waals surface area contributed by atoms with Gasteiger partial charge in [0, 0.05) is 12.8 Å². The van der Waals surface area contributed by atoms with Gasteiger partial charge in [-0.25, -0.2) is 0 Å². The van der Waals surface area contributed by atoms with Gasteiger partial charge in [-0.15, -0.1) is 0 Å². The van der Waals surface area contributed by atoms with Gasteiger partial charge in [0.05, 0.1) is 0 Å². The van der Waals surface area contributed by atoms with Crippen molar-refractivity contribution in [2.75, 3.05) is 0 Å². The molecule has 1 amide bonds. The zero-order valence-corrected chi connectivity index (χ0v) is 13.4.